The average Bonchev–Trinajstić information content (AvgIpc) is 3.53. The standard InChI is InChI=1S/C31H34N4O5/c1-20(16-28(36)34-14-5-9-27(34)23-8-4-12-32-19-23)10-13-33-26(31(39)40)11-15-35-29(37)24-17-21-6-2-3-7-22(21)18-25(24)30(35)38/h2-4,6-8,12,17-20,26-27,33H,5,9-11,13-16H2,1H3,(H,39,40)/t20-,26+,27+/m0/s1. The highest BCUT2D eigenvalue weighted by molar-refractivity contribution is 6.23. The molecule has 2 aromatic carbocycles. The van der Waals surface area contributed by atoms with Crippen molar-refractivity contribution in [2.75, 3.05) is 19.6 Å². The van der Waals surface area contributed by atoms with E-state index in [4.69, 9.17) is 0 Å². The average molecular weight is 543 g/mol. The van der Waals surface area contributed by atoms with Gasteiger partial charge in [0, 0.05) is 31.9 Å². The van der Waals surface area contributed by atoms with Crippen LogP contribution in [0.1, 0.15) is 71.3 Å². The zero-order valence-corrected chi connectivity index (χ0v) is 22.6. The monoisotopic (exact) mass is 542 g/mol. The van der Waals surface area contributed by atoms with Crippen molar-refractivity contribution in [3.8, 4) is 0 Å². The first-order valence-electron chi connectivity index (χ1n) is 13.9. The van der Waals surface area contributed by atoms with Gasteiger partial charge in [-0.25, -0.2) is 0 Å². The molecule has 2 aliphatic rings. The van der Waals surface area contributed by atoms with Gasteiger partial charge in [-0.15, -0.1) is 0 Å². The minimum atomic E-state index is -1.04. The Balaban J connectivity index is 1.11. The van der Waals surface area contributed by atoms with Gasteiger partial charge in [-0.1, -0.05) is 37.3 Å². The van der Waals surface area contributed by atoms with E-state index >= 15 is 0 Å². The Morgan fingerprint density at radius 2 is 1.75 bits per heavy atom. The number of hydrogen-bond donors (Lipinski definition) is 2. The maximum absolute atomic E-state index is 13.0. The molecule has 5 rings (SSSR count). The summed E-state index contributed by atoms with van der Waals surface area (Å²) in [5.41, 5.74) is 1.76. The largest absolute Gasteiger partial charge is 0.480 e. The van der Waals surface area contributed by atoms with E-state index in [0.717, 1.165) is 40.6 Å². The molecule has 3 amide bonds. The third-order valence-corrected chi connectivity index (χ3v) is 7.97. The fourth-order valence-electron chi connectivity index (χ4n) is 5.76. The number of nitrogens with zero attached hydrogens (tertiary/aromatic N) is 3. The number of likely N-dealkylation sites (tertiary alicyclic amines) is 1. The molecule has 0 unspecified atom stereocenters. The van der Waals surface area contributed by atoms with Crippen molar-refractivity contribution in [2.24, 2.45) is 5.92 Å². The van der Waals surface area contributed by atoms with Crippen LogP contribution in [-0.4, -0.2) is 69.3 Å². The van der Waals surface area contributed by atoms with E-state index in [0.29, 0.717) is 30.5 Å². The molecule has 0 radical (unpaired) electrons. The van der Waals surface area contributed by atoms with Gasteiger partial charge in [-0.2, -0.15) is 0 Å². The van der Waals surface area contributed by atoms with Gasteiger partial charge >= 0.3 is 5.97 Å². The Kier molecular flexibility index (Phi) is 8.21. The molecule has 0 aliphatic carbocycles. The third kappa shape index (κ3) is 5.74. The molecule has 0 bridgehead atoms. The predicted molar refractivity (Wildman–Crippen MR) is 150 cm³/mol. The Morgan fingerprint density at radius 1 is 1.05 bits per heavy atom. The molecule has 40 heavy (non-hydrogen) atoms. The number of carboxylic acids is 1. The molecule has 9 heteroatoms. The summed E-state index contributed by atoms with van der Waals surface area (Å²) >= 11 is 0. The van der Waals surface area contributed by atoms with Crippen LogP contribution >= 0.6 is 0 Å². The lowest BCUT2D eigenvalue weighted by atomic mass is 10.0. The molecule has 9 nitrogen and oxygen atoms in total. The molecule has 0 saturated carbocycles. The maximum Gasteiger partial charge on any atom is 0.320 e. The van der Waals surface area contributed by atoms with E-state index in [-0.39, 0.29) is 30.8 Å². The SMILES string of the molecule is C[C@@H](CCN[C@H](CCN1C(=O)c2cc3ccccc3cc2C1=O)C(=O)O)CC(=O)N1CCC[C@@H]1c1cccnc1. The van der Waals surface area contributed by atoms with Crippen LogP contribution in [0.2, 0.25) is 0 Å². The summed E-state index contributed by atoms with van der Waals surface area (Å²) in [5, 5.41) is 14.6. The van der Waals surface area contributed by atoms with Crippen LogP contribution < -0.4 is 5.32 Å². The summed E-state index contributed by atoms with van der Waals surface area (Å²) in [6.45, 7) is 3.14. The molecule has 208 valence electrons. The quantitative estimate of drug-likeness (QED) is 0.351. The predicted octanol–water partition coefficient (Wildman–Crippen LogP) is 4.04. The van der Waals surface area contributed by atoms with E-state index in [2.05, 4.69) is 10.3 Å². The molecule has 1 aromatic heterocycles. The van der Waals surface area contributed by atoms with Gasteiger partial charge in [0.05, 0.1) is 17.2 Å². The van der Waals surface area contributed by atoms with Crippen molar-refractivity contribution in [3.05, 3.63) is 77.6 Å². The van der Waals surface area contributed by atoms with Gasteiger partial charge in [0.1, 0.15) is 6.04 Å². The number of carbonyl (C=O) groups excluding carboxylic acids is 3. The van der Waals surface area contributed by atoms with E-state index in [1.165, 1.54) is 0 Å². The molecule has 0 spiro atoms. The minimum absolute atomic E-state index is 0.00535. The zero-order chi connectivity index (χ0) is 28.2. The number of carboxylic acid groups (broad SMARTS) is 1. The number of hydrogen-bond acceptors (Lipinski definition) is 6. The number of nitrogens with one attached hydrogen (secondary N) is 1. The number of fused-ring (bicyclic) bond motifs is 2. The van der Waals surface area contributed by atoms with Crippen LogP contribution in [0.25, 0.3) is 10.8 Å². The second-order valence-electron chi connectivity index (χ2n) is 10.8. The number of aliphatic carboxylic acids is 1. The van der Waals surface area contributed by atoms with Crippen LogP contribution in [0, 0.1) is 5.92 Å². The first-order valence-corrected chi connectivity index (χ1v) is 13.9. The topological polar surface area (TPSA) is 120 Å². The van der Waals surface area contributed by atoms with Crippen molar-refractivity contribution in [1.29, 1.82) is 0 Å². The lowest BCUT2D eigenvalue weighted by Crippen LogP contribution is -2.42. The number of imide groups is 1. The summed E-state index contributed by atoms with van der Waals surface area (Å²) in [5.74, 6) is -1.66. The van der Waals surface area contributed by atoms with Crippen LogP contribution in [0.15, 0.2) is 60.9 Å². The summed E-state index contributed by atoms with van der Waals surface area (Å²) in [4.78, 5) is 58.2. The van der Waals surface area contributed by atoms with Crippen LogP contribution in [-0.2, 0) is 9.59 Å². The molecule has 1 fully saturated rings. The molecule has 3 heterocycles. The smallest absolute Gasteiger partial charge is 0.320 e. The van der Waals surface area contributed by atoms with Gasteiger partial charge < -0.3 is 15.3 Å². The Hall–Kier alpha value is -4.11. The highest BCUT2D eigenvalue weighted by atomic mass is 16.4. The molecular formula is C31H34N4O5. The van der Waals surface area contributed by atoms with Crippen molar-refractivity contribution in [1.82, 2.24) is 20.1 Å². The van der Waals surface area contributed by atoms with E-state index in [1.54, 1.807) is 18.3 Å². The van der Waals surface area contributed by atoms with Crippen LogP contribution in [0.3, 0.4) is 0 Å². The van der Waals surface area contributed by atoms with E-state index < -0.39 is 23.8 Å². The fourth-order valence-corrected chi connectivity index (χ4v) is 5.76. The van der Waals surface area contributed by atoms with Gasteiger partial charge in [0.15, 0.2) is 0 Å². The summed E-state index contributed by atoms with van der Waals surface area (Å²) < 4.78 is 0. The summed E-state index contributed by atoms with van der Waals surface area (Å²) in [6.07, 6.45) is 6.54. The van der Waals surface area contributed by atoms with Gasteiger partial charge in [-0.3, -0.25) is 29.1 Å². The molecular weight excluding hydrogens is 508 g/mol. The van der Waals surface area contributed by atoms with Crippen molar-refractivity contribution >= 4 is 34.5 Å². The zero-order valence-electron chi connectivity index (χ0n) is 22.6. The number of aromatic nitrogens is 1. The van der Waals surface area contributed by atoms with Gasteiger partial charge in [0.2, 0.25) is 5.91 Å². The first-order chi connectivity index (χ1) is 19.3. The molecule has 3 atom stereocenters. The van der Waals surface area contributed by atoms with Crippen LogP contribution in [0.5, 0.6) is 0 Å². The number of rotatable bonds is 11. The molecule has 2 aliphatic heterocycles. The highest BCUT2D eigenvalue weighted by Crippen LogP contribution is 2.32. The summed E-state index contributed by atoms with van der Waals surface area (Å²) in [7, 11) is 0. The van der Waals surface area contributed by atoms with E-state index in [9.17, 15) is 24.3 Å². The lowest BCUT2D eigenvalue weighted by molar-refractivity contribution is -0.140. The fraction of sp³-hybridized carbons (Fsp3) is 0.387. The minimum Gasteiger partial charge on any atom is -0.480 e. The Bertz CT molecular complexity index is 1370. The molecule has 3 aromatic rings. The third-order valence-electron chi connectivity index (χ3n) is 7.97. The molecule has 2 N–H and O–H groups in total. The summed E-state index contributed by atoms with van der Waals surface area (Å²) in [6, 6.07) is 14.0. The highest BCUT2D eigenvalue weighted by Gasteiger charge is 2.36. The van der Waals surface area contributed by atoms with Gasteiger partial charge in [0.25, 0.3) is 11.8 Å². The number of carbonyl (C=O) groups is 4. The number of amides is 3. The second-order valence-corrected chi connectivity index (χ2v) is 10.8. The molecule has 1 saturated heterocycles. The van der Waals surface area contributed by atoms with Crippen molar-refractivity contribution < 1.29 is 24.3 Å². The van der Waals surface area contributed by atoms with Crippen molar-refractivity contribution in [2.45, 2.75) is 51.1 Å². The Labute approximate surface area is 233 Å². The van der Waals surface area contributed by atoms with E-state index in [1.807, 2.05) is 54.4 Å². The first kappa shape index (κ1) is 27.5. The number of pyridine rings is 1. The van der Waals surface area contributed by atoms with Crippen LogP contribution in [0.4, 0.5) is 0 Å². The van der Waals surface area contributed by atoms with Gasteiger partial charge in [-0.05, 0) is 72.7 Å². The maximum atomic E-state index is 13.0. The number of benzene rings is 2. The second kappa shape index (κ2) is 12.0. The lowest BCUT2D eigenvalue weighted by Gasteiger charge is -2.26. The Morgan fingerprint density at radius 3 is 2.38 bits per heavy atom. The van der Waals surface area contributed by atoms with Crippen molar-refractivity contribution in [3.63, 3.8) is 0 Å². The normalized spacial score (nSPS) is 18.3.